The van der Waals surface area contributed by atoms with Crippen LogP contribution in [0.2, 0.25) is 0 Å². The van der Waals surface area contributed by atoms with E-state index in [1.54, 1.807) is 0 Å². The molecular formula is C19H31N3O2. The minimum atomic E-state index is 0.360. The van der Waals surface area contributed by atoms with Gasteiger partial charge in [0.1, 0.15) is 0 Å². The lowest BCUT2D eigenvalue weighted by molar-refractivity contribution is 0.000500. The fraction of sp³-hybridized carbons (Fsp3) is 0.842. The maximum Gasteiger partial charge on any atom is 0.150 e. The standard InChI is InChI=1S/C19H31N3O2/c1-19(2)14(11-18(19)20-15-4-3-5-15)10-16-12-17(24-21-16)13-22-6-8-23-9-7-22/h12,14-15,18,20H,3-11,13H2,1-2H3/t14-,18+/m1/s1. The van der Waals surface area contributed by atoms with Crippen molar-refractivity contribution in [3.05, 3.63) is 17.5 Å². The topological polar surface area (TPSA) is 50.5 Å². The Bertz CT molecular complexity index is 547. The second-order valence-corrected chi connectivity index (χ2v) is 8.48. The molecule has 1 aromatic heterocycles. The summed E-state index contributed by atoms with van der Waals surface area (Å²) in [5.41, 5.74) is 1.48. The second kappa shape index (κ2) is 6.77. The SMILES string of the molecule is CC1(C)[C@H](Cc2cc(CN3CCOCC3)on2)C[C@@H]1NC1CCC1. The molecule has 0 spiro atoms. The first-order valence-electron chi connectivity index (χ1n) is 9.62. The van der Waals surface area contributed by atoms with Gasteiger partial charge in [0, 0.05) is 31.2 Å². The van der Waals surface area contributed by atoms with Gasteiger partial charge in [0.2, 0.25) is 0 Å². The average molecular weight is 333 g/mol. The van der Waals surface area contributed by atoms with Gasteiger partial charge in [-0.15, -0.1) is 0 Å². The normalized spacial score (nSPS) is 30.8. The molecule has 0 aromatic carbocycles. The van der Waals surface area contributed by atoms with Crippen LogP contribution >= 0.6 is 0 Å². The van der Waals surface area contributed by atoms with Crippen LogP contribution in [0.5, 0.6) is 0 Å². The van der Waals surface area contributed by atoms with Crippen molar-refractivity contribution >= 4 is 0 Å². The number of rotatable bonds is 6. The Morgan fingerprint density at radius 3 is 2.75 bits per heavy atom. The Hall–Kier alpha value is -0.910. The van der Waals surface area contributed by atoms with Crippen molar-refractivity contribution in [1.29, 1.82) is 0 Å². The van der Waals surface area contributed by atoms with Crippen LogP contribution in [-0.4, -0.2) is 48.4 Å². The Morgan fingerprint density at radius 2 is 2.08 bits per heavy atom. The lowest BCUT2D eigenvalue weighted by Crippen LogP contribution is -2.60. The summed E-state index contributed by atoms with van der Waals surface area (Å²) in [7, 11) is 0. The van der Waals surface area contributed by atoms with Gasteiger partial charge in [0.15, 0.2) is 5.76 Å². The van der Waals surface area contributed by atoms with E-state index in [1.165, 1.54) is 25.7 Å². The molecule has 2 aliphatic carbocycles. The van der Waals surface area contributed by atoms with Crippen molar-refractivity contribution in [3.8, 4) is 0 Å². The molecule has 4 rings (SSSR count). The molecule has 0 bridgehead atoms. The molecule has 1 N–H and O–H groups in total. The van der Waals surface area contributed by atoms with Crippen molar-refractivity contribution < 1.29 is 9.26 Å². The third-order valence-electron chi connectivity index (χ3n) is 6.56. The van der Waals surface area contributed by atoms with E-state index in [0.29, 0.717) is 17.4 Å². The zero-order valence-electron chi connectivity index (χ0n) is 15.1. The molecule has 2 heterocycles. The van der Waals surface area contributed by atoms with Gasteiger partial charge in [0.05, 0.1) is 25.5 Å². The molecule has 2 saturated carbocycles. The quantitative estimate of drug-likeness (QED) is 0.867. The lowest BCUT2D eigenvalue weighted by Gasteiger charge is -2.54. The highest BCUT2D eigenvalue weighted by atomic mass is 16.5. The molecular weight excluding hydrogens is 302 g/mol. The van der Waals surface area contributed by atoms with E-state index >= 15 is 0 Å². The molecule has 2 atom stereocenters. The molecule has 0 amide bonds. The largest absolute Gasteiger partial charge is 0.379 e. The van der Waals surface area contributed by atoms with Crippen LogP contribution in [0.1, 0.15) is 51.0 Å². The Kier molecular flexibility index (Phi) is 4.67. The van der Waals surface area contributed by atoms with Crippen molar-refractivity contribution in [2.24, 2.45) is 11.3 Å². The maximum atomic E-state index is 5.57. The molecule has 5 heteroatoms. The molecule has 3 fully saturated rings. The number of hydrogen-bond acceptors (Lipinski definition) is 5. The van der Waals surface area contributed by atoms with Gasteiger partial charge in [-0.25, -0.2) is 0 Å². The number of morpholine rings is 1. The smallest absolute Gasteiger partial charge is 0.150 e. The molecule has 24 heavy (non-hydrogen) atoms. The molecule has 0 unspecified atom stereocenters. The summed E-state index contributed by atoms with van der Waals surface area (Å²) in [5, 5.41) is 8.18. The van der Waals surface area contributed by atoms with E-state index in [9.17, 15) is 0 Å². The van der Waals surface area contributed by atoms with Crippen LogP contribution in [-0.2, 0) is 17.7 Å². The fourth-order valence-corrected chi connectivity index (χ4v) is 4.26. The van der Waals surface area contributed by atoms with Crippen molar-refractivity contribution in [1.82, 2.24) is 15.4 Å². The van der Waals surface area contributed by atoms with Gasteiger partial charge in [0.25, 0.3) is 0 Å². The number of nitrogens with zero attached hydrogens (tertiary/aromatic N) is 2. The summed E-state index contributed by atoms with van der Waals surface area (Å²) < 4.78 is 11.0. The minimum Gasteiger partial charge on any atom is -0.379 e. The van der Waals surface area contributed by atoms with Crippen molar-refractivity contribution in [3.63, 3.8) is 0 Å². The van der Waals surface area contributed by atoms with Crippen LogP contribution in [0.15, 0.2) is 10.6 Å². The highest BCUT2D eigenvalue weighted by molar-refractivity contribution is 5.12. The van der Waals surface area contributed by atoms with Crippen LogP contribution in [0.3, 0.4) is 0 Å². The van der Waals surface area contributed by atoms with E-state index in [1.807, 2.05) is 0 Å². The summed E-state index contributed by atoms with van der Waals surface area (Å²) in [4.78, 5) is 2.37. The van der Waals surface area contributed by atoms with E-state index in [0.717, 1.165) is 56.8 Å². The van der Waals surface area contributed by atoms with Gasteiger partial charge < -0.3 is 14.6 Å². The Morgan fingerprint density at radius 1 is 1.29 bits per heavy atom. The van der Waals surface area contributed by atoms with E-state index in [2.05, 4.69) is 35.3 Å². The Balaban J connectivity index is 1.28. The molecule has 1 saturated heterocycles. The van der Waals surface area contributed by atoms with Gasteiger partial charge in [-0.3, -0.25) is 4.90 Å². The summed E-state index contributed by atoms with van der Waals surface area (Å²) in [6.07, 6.45) is 6.45. The molecule has 0 radical (unpaired) electrons. The monoisotopic (exact) mass is 333 g/mol. The van der Waals surface area contributed by atoms with Crippen molar-refractivity contribution in [2.75, 3.05) is 26.3 Å². The first kappa shape index (κ1) is 16.6. The molecule has 134 valence electrons. The lowest BCUT2D eigenvalue weighted by atomic mass is 9.57. The second-order valence-electron chi connectivity index (χ2n) is 8.48. The number of ether oxygens (including phenoxy) is 1. The Labute approximate surface area is 145 Å². The van der Waals surface area contributed by atoms with Crippen LogP contribution in [0, 0.1) is 11.3 Å². The predicted octanol–water partition coefficient (Wildman–Crippen LogP) is 2.61. The number of nitrogens with one attached hydrogen (secondary N) is 1. The van der Waals surface area contributed by atoms with E-state index in [4.69, 9.17) is 9.26 Å². The maximum absolute atomic E-state index is 5.57. The first-order valence-corrected chi connectivity index (χ1v) is 9.62. The van der Waals surface area contributed by atoms with Gasteiger partial charge in [-0.1, -0.05) is 25.4 Å². The molecule has 1 aliphatic heterocycles. The van der Waals surface area contributed by atoms with E-state index in [-0.39, 0.29) is 0 Å². The van der Waals surface area contributed by atoms with Crippen LogP contribution < -0.4 is 5.32 Å². The molecule has 1 aromatic rings. The van der Waals surface area contributed by atoms with Crippen LogP contribution in [0.25, 0.3) is 0 Å². The summed E-state index contributed by atoms with van der Waals surface area (Å²) >= 11 is 0. The predicted molar refractivity (Wildman–Crippen MR) is 92.8 cm³/mol. The zero-order chi connectivity index (χ0) is 16.6. The summed E-state index contributed by atoms with van der Waals surface area (Å²) in [6, 6.07) is 3.62. The summed E-state index contributed by atoms with van der Waals surface area (Å²) in [6.45, 7) is 9.30. The molecule has 3 aliphatic rings. The van der Waals surface area contributed by atoms with E-state index < -0.39 is 0 Å². The average Bonchev–Trinajstić information content (AvgIpc) is 2.96. The zero-order valence-corrected chi connectivity index (χ0v) is 15.1. The van der Waals surface area contributed by atoms with Gasteiger partial charge >= 0.3 is 0 Å². The third kappa shape index (κ3) is 3.39. The highest BCUT2D eigenvalue weighted by Crippen LogP contribution is 2.48. The number of aromatic nitrogens is 1. The van der Waals surface area contributed by atoms with Crippen LogP contribution in [0.4, 0.5) is 0 Å². The van der Waals surface area contributed by atoms with Gasteiger partial charge in [-0.05, 0) is 37.0 Å². The van der Waals surface area contributed by atoms with Crippen molar-refractivity contribution in [2.45, 2.75) is 64.6 Å². The highest BCUT2D eigenvalue weighted by Gasteiger charge is 2.48. The summed E-state index contributed by atoms with van der Waals surface area (Å²) in [5.74, 6) is 1.70. The van der Waals surface area contributed by atoms with Gasteiger partial charge in [-0.2, -0.15) is 0 Å². The number of hydrogen-bond donors (Lipinski definition) is 1. The molecule has 5 nitrogen and oxygen atoms in total. The third-order valence-corrected chi connectivity index (χ3v) is 6.56. The minimum absolute atomic E-state index is 0.360. The first-order chi connectivity index (χ1) is 11.6. The fourth-order valence-electron chi connectivity index (χ4n) is 4.26.